The number of piperidine rings is 1. The first kappa shape index (κ1) is 16.2. The second-order valence-electron chi connectivity index (χ2n) is 6.08. The predicted molar refractivity (Wildman–Crippen MR) is 91.2 cm³/mol. The molecule has 6 heteroatoms. The van der Waals surface area contributed by atoms with Crippen LogP contribution in [0.2, 0.25) is 0 Å². The summed E-state index contributed by atoms with van der Waals surface area (Å²) in [7, 11) is 1.77. The number of aromatic nitrogens is 2. The molecule has 126 valence electrons. The molecule has 2 heterocycles. The van der Waals surface area contributed by atoms with Crippen molar-refractivity contribution in [3.63, 3.8) is 0 Å². The van der Waals surface area contributed by atoms with Crippen LogP contribution in [-0.2, 0) is 16.1 Å². The Bertz CT molecular complexity index is 726. The number of nitrogens with zero attached hydrogens (tertiary/aromatic N) is 3. The maximum Gasteiger partial charge on any atom is 0.230 e. The van der Waals surface area contributed by atoms with Crippen molar-refractivity contribution in [3.05, 3.63) is 48.3 Å². The third-order valence-corrected chi connectivity index (χ3v) is 4.56. The maximum atomic E-state index is 12.8. The Labute approximate surface area is 141 Å². The van der Waals surface area contributed by atoms with Gasteiger partial charge in [0, 0.05) is 26.2 Å². The summed E-state index contributed by atoms with van der Waals surface area (Å²) in [5.41, 5.74) is 1.67. The van der Waals surface area contributed by atoms with E-state index in [-0.39, 0.29) is 23.8 Å². The second-order valence-corrected chi connectivity index (χ2v) is 6.08. The average molecular weight is 326 g/mol. The van der Waals surface area contributed by atoms with Gasteiger partial charge in [-0.2, -0.15) is 5.10 Å². The third-order valence-electron chi connectivity index (χ3n) is 4.56. The highest BCUT2D eigenvalue weighted by Crippen LogP contribution is 2.36. The molecule has 2 aromatic rings. The van der Waals surface area contributed by atoms with Gasteiger partial charge >= 0.3 is 0 Å². The van der Waals surface area contributed by atoms with E-state index < -0.39 is 0 Å². The van der Waals surface area contributed by atoms with Crippen molar-refractivity contribution in [2.45, 2.75) is 32.4 Å². The zero-order valence-electron chi connectivity index (χ0n) is 14.0. The van der Waals surface area contributed by atoms with Crippen LogP contribution in [0.3, 0.4) is 0 Å². The standard InChI is InChI=1S/C18H22N4O2/c1-3-22-12-14(11-19-22)20-18(24)15-9-10-16(23)21(2)17(15)13-7-5-4-6-8-13/h4-8,11-12,15,17H,3,9-10H2,1-2H3,(H,20,24)/t15-,17+/m1/s1. The van der Waals surface area contributed by atoms with Crippen molar-refractivity contribution in [1.82, 2.24) is 14.7 Å². The first-order chi connectivity index (χ1) is 11.6. The normalized spacial score (nSPS) is 20.9. The van der Waals surface area contributed by atoms with E-state index in [2.05, 4.69) is 10.4 Å². The van der Waals surface area contributed by atoms with E-state index in [0.717, 1.165) is 12.1 Å². The smallest absolute Gasteiger partial charge is 0.230 e. The van der Waals surface area contributed by atoms with Gasteiger partial charge in [0.05, 0.1) is 23.8 Å². The van der Waals surface area contributed by atoms with Crippen LogP contribution in [0.15, 0.2) is 42.7 Å². The Morgan fingerprint density at radius 1 is 1.33 bits per heavy atom. The van der Waals surface area contributed by atoms with E-state index >= 15 is 0 Å². The fourth-order valence-corrected chi connectivity index (χ4v) is 3.25. The van der Waals surface area contributed by atoms with Crippen LogP contribution < -0.4 is 5.32 Å². The third kappa shape index (κ3) is 3.18. The Hall–Kier alpha value is -2.63. The van der Waals surface area contributed by atoms with Crippen molar-refractivity contribution in [3.8, 4) is 0 Å². The minimum absolute atomic E-state index is 0.0705. The minimum Gasteiger partial charge on any atom is -0.338 e. The molecule has 0 bridgehead atoms. The molecule has 0 spiro atoms. The molecule has 0 aliphatic carbocycles. The Morgan fingerprint density at radius 3 is 2.75 bits per heavy atom. The molecule has 0 saturated carbocycles. The van der Waals surface area contributed by atoms with Gasteiger partial charge < -0.3 is 10.2 Å². The van der Waals surface area contributed by atoms with Crippen LogP contribution in [0.25, 0.3) is 0 Å². The van der Waals surface area contributed by atoms with E-state index in [1.807, 2.05) is 43.5 Å². The van der Waals surface area contributed by atoms with Gasteiger partial charge in [-0.3, -0.25) is 14.3 Å². The summed E-state index contributed by atoms with van der Waals surface area (Å²) in [4.78, 5) is 26.6. The number of amides is 2. The highest BCUT2D eigenvalue weighted by atomic mass is 16.2. The fourth-order valence-electron chi connectivity index (χ4n) is 3.25. The molecule has 1 aliphatic heterocycles. The number of carbonyl (C=O) groups is 2. The molecule has 0 radical (unpaired) electrons. The zero-order chi connectivity index (χ0) is 17.1. The lowest BCUT2D eigenvalue weighted by Gasteiger charge is -2.38. The number of nitrogens with one attached hydrogen (secondary N) is 1. The van der Waals surface area contributed by atoms with E-state index in [0.29, 0.717) is 18.5 Å². The first-order valence-corrected chi connectivity index (χ1v) is 8.24. The zero-order valence-corrected chi connectivity index (χ0v) is 14.0. The van der Waals surface area contributed by atoms with Crippen molar-refractivity contribution < 1.29 is 9.59 Å². The number of hydrogen-bond acceptors (Lipinski definition) is 3. The maximum absolute atomic E-state index is 12.8. The molecule has 1 N–H and O–H groups in total. The second kappa shape index (κ2) is 6.86. The number of hydrogen-bond donors (Lipinski definition) is 1. The SMILES string of the molecule is CCn1cc(NC(=O)[C@@H]2CCC(=O)N(C)[C@H]2c2ccccc2)cn1. The van der Waals surface area contributed by atoms with Crippen molar-refractivity contribution >= 4 is 17.5 Å². The van der Waals surface area contributed by atoms with Gasteiger partial charge in [-0.1, -0.05) is 30.3 Å². The number of likely N-dealkylation sites (tertiary alicyclic amines) is 1. The van der Waals surface area contributed by atoms with E-state index in [4.69, 9.17) is 0 Å². The molecular formula is C18H22N4O2. The summed E-state index contributed by atoms with van der Waals surface area (Å²) >= 11 is 0. The van der Waals surface area contributed by atoms with Gasteiger partial charge in [-0.15, -0.1) is 0 Å². The van der Waals surface area contributed by atoms with E-state index in [9.17, 15) is 9.59 Å². The number of rotatable bonds is 4. The summed E-state index contributed by atoms with van der Waals surface area (Å²) in [6, 6.07) is 9.49. The molecule has 24 heavy (non-hydrogen) atoms. The van der Waals surface area contributed by atoms with Gasteiger partial charge in [0.25, 0.3) is 0 Å². The van der Waals surface area contributed by atoms with Crippen molar-refractivity contribution in [2.75, 3.05) is 12.4 Å². The van der Waals surface area contributed by atoms with Gasteiger partial charge in [-0.05, 0) is 18.9 Å². The van der Waals surface area contributed by atoms with Gasteiger partial charge in [0.1, 0.15) is 0 Å². The van der Waals surface area contributed by atoms with Gasteiger partial charge in [0.2, 0.25) is 11.8 Å². The molecule has 6 nitrogen and oxygen atoms in total. The summed E-state index contributed by atoms with van der Waals surface area (Å²) in [6.07, 6.45) is 4.41. The lowest BCUT2D eigenvalue weighted by Crippen LogP contribution is -2.44. The monoisotopic (exact) mass is 326 g/mol. The van der Waals surface area contributed by atoms with E-state index in [1.165, 1.54) is 0 Å². The number of benzene rings is 1. The highest BCUT2D eigenvalue weighted by Gasteiger charge is 2.38. The summed E-state index contributed by atoms with van der Waals surface area (Å²) in [6.45, 7) is 2.74. The molecule has 1 aromatic heterocycles. The van der Waals surface area contributed by atoms with Gasteiger partial charge in [-0.25, -0.2) is 0 Å². The topological polar surface area (TPSA) is 67.2 Å². The van der Waals surface area contributed by atoms with Crippen LogP contribution in [0.5, 0.6) is 0 Å². The largest absolute Gasteiger partial charge is 0.338 e. The van der Waals surface area contributed by atoms with Gasteiger partial charge in [0.15, 0.2) is 0 Å². The molecule has 0 unspecified atom stereocenters. The Kier molecular flexibility index (Phi) is 4.64. The number of aryl methyl sites for hydroxylation is 1. The molecule has 1 fully saturated rings. The summed E-state index contributed by atoms with van der Waals surface area (Å²) in [5, 5.41) is 7.12. The highest BCUT2D eigenvalue weighted by molar-refractivity contribution is 5.94. The van der Waals surface area contributed by atoms with Crippen molar-refractivity contribution in [2.24, 2.45) is 5.92 Å². The summed E-state index contributed by atoms with van der Waals surface area (Å²) in [5.74, 6) is -0.273. The molecule has 2 atom stereocenters. The lowest BCUT2D eigenvalue weighted by atomic mass is 9.84. The number of anilines is 1. The van der Waals surface area contributed by atoms with E-state index in [1.54, 1.807) is 22.8 Å². The Balaban J connectivity index is 1.83. The lowest BCUT2D eigenvalue weighted by molar-refractivity contribution is -0.140. The van der Waals surface area contributed by atoms with Crippen molar-refractivity contribution in [1.29, 1.82) is 0 Å². The summed E-state index contributed by atoms with van der Waals surface area (Å²) < 4.78 is 1.76. The molecule has 1 saturated heterocycles. The molecule has 2 amide bonds. The molecule has 1 aromatic carbocycles. The molecular weight excluding hydrogens is 304 g/mol. The quantitative estimate of drug-likeness (QED) is 0.938. The van der Waals surface area contributed by atoms with Crippen LogP contribution in [0, 0.1) is 5.92 Å². The number of carbonyl (C=O) groups excluding carboxylic acids is 2. The predicted octanol–water partition coefficient (Wildman–Crippen LogP) is 2.45. The molecule has 3 rings (SSSR count). The minimum atomic E-state index is -0.278. The molecule has 1 aliphatic rings. The Morgan fingerprint density at radius 2 is 2.08 bits per heavy atom. The first-order valence-electron chi connectivity index (χ1n) is 8.24. The average Bonchev–Trinajstić information content (AvgIpc) is 3.05. The fraction of sp³-hybridized carbons (Fsp3) is 0.389. The van der Waals surface area contributed by atoms with Crippen LogP contribution >= 0.6 is 0 Å². The van der Waals surface area contributed by atoms with Crippen LogP contribution in [0.4, 0.5) is 5.69 Å². The van der Waals surface area contributed by atoms with Crippen LogP contribution in [-0.4, -0.2) is 33.5 Å². The van der Waals surface area contributed by atoms with Crippen LogP contribution in [0.1, 0.15) is 31.4 Å².